The minimum atomic E-state index is -1.06. The number of carboxylic acid groups (broad SMARTS) is 1. The molecule has 0 bridgehead atoms. The second-order valence-corrected chi connectivity index (χ2v) is 4.92. The number of halogens is 1. The summed E-state index contributed by atoms with van der Waals surface area (Å²) in [5.41, 5.74) is 0.767. The molecule has 0 aliphatic rings. The van der Waals surface area contributed by atoms with Gasteiger partial charge in [0.15, 0.2) is 0 Å². The standard InChI is InChI=1S/C15H16ClNO3/c1-4-9(3)13(15(19)20)17-14(18)11-7-6-10(5-2)12(16)8-11/h2,6-9,13H,4H2,1,3H3,(H,17,18)(H,19,20). The number of carbonyl (C=O) groups is 2. The van der Waals surface area contributed by atoms with E-state index >= 15 is 0 Å². The van der Waals surface area contributed by atoms with Crippen LogP contribution in [0.4, 0.5) is 0 Å². The third-order valence-corrected chi connectivity index (χ3v) is 3.47. The van der Waals surface area contributed by atoms with Crippen LogP contribution in [0.5, 0.6) is 0 Å². The van der Waals surface area contributed by atoms with E-state index in [1.54, 1.807) is 13.0 Å². The lowest BCUT2D eigenvalue weighted by Gasteiger charge is -2.20. The molecule has 0 heterocycles. The molecule has 1 aromatic rings. The largest absolute Gasteiger partial charge is 0.480 e. The van der Waals surface area contributed by atoms with Crippen LogP contribution in [0, 0.1) is 18.3 Å². The number of nitrogens with one attached hydrogen (secondary N) is 1. The number of amides is 1. The summed E-state index contributed by atoms with van der Waals surface area (Å²) in [5, 5.41) is 11.9. The Labute approximate surface area is 123 Å². The number of carboxylic acids is 1. The zero-order valence-electron chi connectivity index (χ0n) is 11.3. The van der Waals surface area contributed by atoms with E-state index in [2.05, 4.69) is 11.2 Å². The van der Waals surface area contributed by atoms with Crippen molar-refractivity contribution in [2.45, 2.75) is 26.3 Å². The molecule has 0 aromatic heterocycles. The van der Waals surface area contributed by atoms with Crippen LogP contribution in [0.3, 0.4) is 0 Å². The second-order valence-electron chi connectivity index (χ2n) is 4.51. The predicted molar refractivity (Wildman–Crippen MR) is 77.7 cm³/mol. The van der Waals surface area contributed by atoms with Crippen LogP contribution >= 0.6 is 11.6 Å². The average Bonchev–Trinajstić information content (AvgIpc) is 2.43. The summed E-state index contributed by atoms with van der Waals surface area (Å²) >= 11 is 5.92. The summed E-state index contributed by atoms with van der Waals surface area (Å²) in [6, 6.07) is 3.57. The van der Waals surface area contributed by atoms with E-state index in [0.29, 0.717) is 12.0 Å². The van der Waals surface area contributed by atoms with Gasteiger partial charge in [-0.3, -0.25) is 4.79 Å². The molecule has 106 valence electrons. The third kappa shape index (κ3) is 3.75. The zero-order valence-corrected chi connectivity index (χ0v) is 12.1. The van der Waals surface area contributed by atoms with E-state index in [0.717, 1.165) is 0 Å². The molecule has 2 N–H and O–H groups in total. The SMILES string of the molecule is C#Cc1ccc(C(=O)NC(C(=O)O)C(C)CC)cc1Cl. The van der Waals surface area contributed by atoms with Gasteiger partial charge >= 0.3 is 5.97 Å². The molecule has 1 amide bonds. The number of hydrogen-bond acceptors (Lipinski definition) is 2. The number of terminal acetylenes is 1. The highest BCUT2D eigenvalue weighted by Crippen LogP contribution is 2.17. The monoisotopic (exact) mass is 293 g/mol. The molecule has 0 fully saturated rings. The van der Waals surface area contributed by atoms with Crippen molar-refractivity contribution in [3.05, 3.63) is 34.3 Å². The topological polar surface area (TPSA) is 66.4 Å². The first-order chi connectivity index (χ1) is 9.40. The first kappa shape index (κ1) is 16.1. The maximum Gasteiger partial charge on any atom is 0.326 e. The van der Waals surface area contributed by atoms with Crippen LogP contribution in [0.2, 0.25) is 5.02 Å². The van der Waals surface area contributed by atoms with Gasteiger partial charge in [0.2, 0.25) is 0 Å². The molecule has 2 unspecified atom stereocenters. The normalized spacial score (nSPS) is 13.1. The zero-order chi connectivity index (χ0) is 15.3. The van der Waals surface area contributed by atoms with Gasteiger partial charge in [-0.15, -0.1) is 6.42 Å². The third-order valence-electron chi connectivity index (χ3n) is 3.15. The fraction of sp³-hybridized carbons (Fsp3) is 0.333. The van der Waals surface area contributed by atoms with E-state index in [4.69, 9.17) is 23.1 Å². The van der Waals surface area contributed by atoms with Gasteiger partial charge in [-0.25, -0.2) is 4.79 Å². The van der Waals surface area contributed by atoms with Crippen molar-refractivity contribution in [3.8, 4) is 12.3 Å². The quantitative estimate of drug-likeness (QED) is 0.820. The molecule has 20 heavy (non-hydrogen) atoms. The van der Waals surface area contributed by atoms with Crippen LogP contribution in [0.15, 0.2) is 18.2 Å². The fourth-order valence-electron chi connectivity index (χ4n) is 1.68. The number of benzene rings is 1. The molecular weight excluding hydrogens is 278 g/mol. The second kappa shape index (κ2) is 6.97. The summed E-state index contributed by atoms with van der Waals surface area (Å²) in [5.74, 6) is 0.681. The smallest absolute Gasteiger partial charge is 0.326 e. The predicted octanol–water partition coefficient (Wildman–Crippen LogP) is 2.55. The van der Waals surface area contributed by atoms with Crippen molar-refractivity contribution < 1.29 is 14.7 Å². The Bertz CT molecular complexity index is 563. The molecule has 0 saturated carbocycles. The van der Waals surface area contributed by atoms with Gasteiger partial charge < -0.3 is 10.4 Å². The lowest BCUT2D eigenvalue weighted by atomic mass is 9.99. The maximum absolute atomic E-state index is 12.0. The van der Waals surface area contributed by atoms with Crippen LogP contribution in [0.25, 0.3) is 0 Å². The van der Waals surface area contributed by atoms with E-state index < -0.39 is 17.9 Å². The van der Waals surface area contributed by atoms with Gasteiger partial charge in [-0.05, 0) is 24.1 Å². The summed E-state index contributed by atoms with van der Waals surface area (Å²) in [6.07, 6.45) is 5.89. The van der Waals surface area contributed by atoms with E-state index in [-0.39, 0.29) is 16.5 Å². The first-order valence-electron chi connectivity index (χ1n) is 6.20. The van der Waals surface area contributed by atoms with Crippen molar-refractivity contribution in [2.75, 3.05) is 0 Å². The van der Waals surface area contributed by atoms with Crippen molar-refractivity contribution in [2.24, 2.45) is 5.92 Å². The molecule has 2 atom stereocenters. The summed E-state index contributed by atoms with van der Waals surface area (Å²) in [6.45, 7) is 3.64. The molecule has 4 nitrogen and oxygen atoms in total. The van der Waals surface area contributed by atoms with Crippen LogP contribution in [-0.4, -0.2) is 23.0 Å². The van der Waals surface area contributed by atoms with Gasteiger partial charge in [0.1, 0.15) is 6.04 Å². The highest BCUT2D eigenvalue weighted by atomic mass is 35.5. The Morgan fingerprint density at radius 3 is 2.60 bits per heavy atom. The van der Waals surface area contributed by atoms with Crippen molar-refractivity contribution >= 4 is 23.5 Å². The first-order valence-corrected chi connectivity index (χ1v) is 6.58. The summed E-state index contributed by atoms with van der Waals surface area (Å²) < 4.78 is 0. The molecule has 0 aliphatic carbocycles. The molecule has 0 radical (unpaired) electrons. The van der Waals surface area contributed by atoms with Gasteiger partial charge in [-0.1, -0.05) is 37.8 Å². The van der Waals surface area contributed by atoms with Gasteiger partial charge in [-0.2, -0.15) is 0 Å². The molecule has 0 saturated heterocycles. The van der Waals surface area contributed by atoms with Crippen molar-refractivity contribution in [1.29, 1.82) is 0 Å². The van der Waals surface area contributed by atoms with Crippen molar-refractivity contribution in [3.63, 3.8) is 0 Å². The fourth-order valence-corrected chi connectivity index (χ4v) is 1.92. The van der Waals surface area contributed by atoms with Crippen LogP contribution < -0.4 is 5.32 Å². The molecular formula is C15H16ClNO3. The minimum absolute atomic E-state index is 0.170. The van der Waals surface area contributed by atoms with Crippen molar-refractivity contribution in [1.82, 2.24) is 5.32 Å². The molecule has 5 heteroatoms. The number of rotatable bonds is 5. The number of aliphatic carboxylic acids is 1. The van der Waals surface area contributed by atoms with Gasteiger partial charge in [0, 0.05) is 11.1 Å². The van der Waals surface area contributed by atoms with Gasteiger partial charge in [0.05, 0.1) is 5.02 Å². The Morgan fingerprint density at radius 2 is 2.15 bits per heavy atom. The van der Waals surface area contributed by atoms with Crippen LogP contribution in [-0.2, 0) is 4.79 Å². The lowest BCUT2D eigenvalue weighted by molar-refractivity contribution is -0.140. The van der Waals surface area contributed by atoms with Gasteiger partial charge in [0.25, 0.3) is 5.91 Å². The Morgan fingerprint density at radius 1 is 1.50 bits per heavy atom. The van der Waals surface area contributed by atoms with E-state index in [1.807, 2.05) is 6.92 Å². The molecule has 0 spiro atoms. The number of hydrogen-bond donors (Lipinski definition) is 2. The number of carbonyl (C=O) groups excluding carboxylic acids is 1. The van der Waals surface area contributed by atoms with Crippen LogP contribution in [0.1, 0.15) is 36.2 Å². The summed E-state index contributed by atoms with van der Waals surface area (Å²) in [4.78, 5) is 23.2. The lowest BCUT2D eigenvalue weighted by Crippen LogP contribution is -2.45. The average molecular weight is 294 g/mol. The molecule has 0 aliphatic heterocycles. The highest BCUT2D eigenvalue weighted by molar-refractivity contribution is 6.32. The van der Waals surface area contributed by atoms with E-state index in [9.17, 15) is 9.59 Å². The Kier molecular flexibility index (Phi) is 5.60. The Hall–Kier alpha value is -1.99. The van der Waals surface area contributed by atoms with E-state index in [1.165, 1.54) is 12.1 Å². The highest BCUT2D eigenvalue weighted by Gasteiger charge is 2.25. The minimum Gasteiger partial charge on any atom is -0.480 e. The Balaban J connectivity index is 2.93. The maximum atomic E-state index is 12.0. The molecule has 1 aromatic carbocycles. The summed E-state index contributed by atoms with van der Waals surface area (Å²) in [7, 11) is 0. The molecule has 1 rings (SSSR count).